The number of benzene rings is 3. The van der Waals surface area contributed by atoms with Crippen LogP contribution in [0.2, 0.25) is 0 Å². The number of hydrogen-bond acceptors (Lipinski definition) is 9. The van der Waals surface area contributed by atoms with Crippen LogP contribution in [0.4, 0.5) is 4.79 Å². The number of urea groups is 1. The quantitative estimate of drug-likeness (QED) is 0.128. The van der Waals surface area contributed by atoms with Crippen LogP contribution in [0.15, 0.2) is 75.4 Å². The number of rotatable bonds is 13. The molecule has 1 atom stereocenters. The lowest BCUT2D eigenvalue weighted by Gasteiger charge is -2.28. The van der Waals surface area contributed by atoms with Gasteiger partial charge >= 0.3 is 12.0 Å². The largest absolute Gasteiger partial charge is 0.493 e. The second kappa shape index (κ2) is 15.8. The summed E-state index contributed by atoms with van der Waals surface area (Å²) in [6.45, 7) is 5.54. The summed E-state index contributed by atoms with van der Waals surface area (Å²) in [6.07, 6.45) is 1.47. The first-order valence-electron chi connectivity index (χ1n) is 14.3. The zero-order chi connectivity index (χ0) is 33.2. The average molecular weight is 696 g/mol. The SMILES string of the molecule is CCOC(=O)C1=C(C)NC(=O)N[C@H]1c1ccc(OCC(=O)N/N=C\c2cc(Br)c(OCc3cccc(C)c3)c(OC)c2)c(OC)c1. The van der Waals surface area contributed by atoms with Crippen LogP contribution in [0.5, 0.6) is 23.0 Å². The number of methoxy groups -OCH3 is 2. The van der Waals surface area contributed by atoms with Crippen molar-refractivity contribution in [3.05, 3.63) is 92.6 Å². The highest BCUT2D eigenvalue weighted by atomic mass is 79.9. The van der Waals surface area contributed by atoms with Crippen molar-refractivity contribution in [2.75, 3.05) is 27.4 Å². The van der Waals surface area contributed by atoms with Gasteiger partial charge in [0.2, 0.25) is 0 Å². The number of carbonyl (C=O) groups excluding carboxylic acids is 3. The van der Waals surface area contributed by atoms with Gasteiger partial charge in [-0.1, -0.05) is 35.9 Å². The molecule has 1 heterocycles. The molecular weight excluding hydrogens is 660 g/mol. The number of ether oxygens (including phenoxy) is 5. The van der Waals surface area contributed by atoms with Crippen molar-refractivity contribution in [3.63, 3.8) is 0 Å². The maximum absolute atomic E-state index is 12.6. The maximum atomic E-state index is 12.6. The van der Waals surface area contributed by atoms with E-state index in [1.54, 1.807) is 51.3 Å². The van der Waals surface area contributed by atoms with E-state index in [1.807, 2.05) is 25.1 Å². The highest BCUT2D eigenvalue weighted by Crippen LogP contribution is 2.37. The monoisotopic (exact) mass is 694 g/mol. The van der Waals surface area contributed by atoms with Crippen molar-refractivity contribution in [3.8, 4) is 23.0 Å². The van der Waals surface area contributed by atoms with Crippen LogP contribution in [-0.2, 0) is 20.9 Å². The smallest absolute Gasteiger partial charge is 0.338 e. The van der Waals surface area contributed by atoms with E-state index in [9.17, 15) is 14.4 Å². The Labute approximate surface area is 275 Å². The molecule has 0 fully saturated rings. The van der Waals surface area contributed by atoms with Gasteiger partial charge < -0.3 is 34.3 Å². The number of nitrogens with zero attached hydrogens (tertiary/aromatic N) is 1. The number of carbonyl (C=O) groups is 3. The lowest BCUT2D eigenvalue weighted by atomic mass is 9.95. The molecule has 0 saturated carbocycles. The number of aryl methyl sites for hydroxylation is 1. The van der Waals surface area contributed by atoms with Crippen LogP contribution in [0, 0.1) is 6.92 Å². The number of allylic oxidation sites excluding steroid dienone is 1. The molecule has 0 radical (unpaired) electrons. The van der Waals surface area contributed by atoms with Gasteiger partial charge in [0, 0.05) is 5.70 Å². The zero-order valence-electron chi connectivity index (χ0n) is 26.1. The molecule has 0 unspecified atom stereocenters. The third-order valence-corrected chi connectivity index (χ3v) is 7.35. The molecule has 46 heavy (non-hydrogen) atoms. The third-order valence-electron chi connectivity index (χ3n) is 6.76. The van der Waals surface area contributed by atoms with Crippen molar-refractivity contribution in [2.24, 2.45) is 5.10 Å². The summed E-state index contributed by atoms with van der Waals surface area (Å²) in [4.78, 5) is 37.3. The predicted molar refractivity (Wildman–Crippen MR) is 174 cm³/mol. The van der Waals surface area contributed by atoms with E-state index in [1.165, 1.54) is 13.3 Å². The molecule has 0 spiro atoms. The molecule has 4 rings (SSSR count). The van der Waals surface area contributed by atoms with Crippen LogP contribution in [0.25, 0.3) is 0 Å². The molecular formula is C33H35BrN4O8. The summed E-state index contributed by atoms with van der Waals surface area (Å²) < 4.78 is 28.5. The molecule has 3 aromatic carbocycles. The van der Waals surface area contributed by atoms with Crippen LogP contribution >= 0.6 is 15.9 Å². The van der Waals surface area contributed by atoms with Gasteiger partial charge in [0.1, 0.15) is 6.61 Å². The molecule has 3 N–H and O–H groups in total. The van der Waals surface area contributed by atoms with Gasteiger partial charge in [-0.25, -0.2) is 15.0 Å². The molecule has 0 bridgehead atoms. The zero-order valence-corrected chi connectivity index (χ0v) is 27.6. The lowest BCUT2D eigenvalue weighted by molar-refractivity contribution is -0.139. The van der Waals surface area contributed by atoms with E-state index in [2.05, 4.69) is 43.2 Å². The van der Waals surface area contributed by atoms with Gasteiger partial charge in [0.15, 0.2) is 29.6 Å². The van der Waals surface area contributed by atoms with Crippen molar-refractivity contribution < 1.29 is 38.1 Å². The fraction of sp³-hybridized carbons (Fsp3) is 0.273. The van der Waals surface area contributed by atoms with Gasteiger partial charge in [-0.3, -0.25) is 4.79 Å². The van der Waals surface area contributed by atoms with Crippen LogP contribution < -0.4 is 35.0 Å². The Morgan fingerprint density at radius 2 is 1.78 bits per heavy atom. The first-order chi connectivity index (χ1) is 22.1. The van der Waals surface area contributed by atoms with Gasteiger partial charge in [-0.15, -0.1) is 0 Å². The number of hydrazone groups is 1. The minimum atomic E-state index is -0.777. The molecule has 1 aliphatic heterocycles. The van der Waals surface area contributed by atoms with Crippen molar-refractivity contribution in [2.45, 2.75) is 33.4 Å². The second-order valence-electron chi connectivity index (χ2n) is 10.1. The molecule has 3 amide bonds. The standard InChI is InChI=1S/C33H35BrN4O8/c1-6-44-32(40)29-20(3)36-33(41)37-30(29)23-10-11-25(26(15-23)42-4)45-18-28(39)38-35-16-22-13-24(34)31(27(14-22)43-5)46-17-21-9-7-8-19(2)12-21/h7-16,30H,6,17-18H2,1-5H3,(H,38,39)(H2,36,37,41)/b35-16-/t30-/m0/s1. The summed E-state index contributed by atoms with van der Waals surface area (Å²) in [5, 5.41) is 9.36. The Kier molecular flexibility index (Phi) is 11.6. The minimum absolute atomic E-state index is 0.181. The molecule has 13 heteroatoms. The second-order valence-corrected chi connectivity index (χ2v) is 10.9. The Morgan fingerprint density at radius 1 is 1.00 bits per heavy atom. The minimum Gasteiger partial charge on any atom is -0.493 e. The first-order valence-corrected chi connectivity index (χ1v) is 15.1. The fourth-order valence-electron chi connectivity index (χ4n) is 4.67. The number of esters is 1. The lowest BCUT2D eigenvalue weighted by Crippen LogP contribution is -2.45. The van der Waals surface area contributed by atoms with E-state index in [0.29, 0.717) is 45.2 Å². The average Bonchev–Trinajstić information content (AvgIpc) is 3.02. The van der Waals surface area contributed by atoms with Gasteiger partial charge in [0.25, 0.3) is 5.91 Å². The van der Waals surface area contributed by atoms with E-state index >= 15 is 0 Å². The fourth-order valence-corrected chi connectivity index (χ4v) is 5.25. The van der Waals surface area contributed by atoms with Gasteiger partial charge in [-0.05, 0) is 77.7 Å². The third kappa shape index (κ3) is 8.57. The van der Waals surface area contributed by atoms with Crippen LogP contribution in [0.1, 0.15) is 42.1 Å². The Bertz CT molecular complexity index is 1670. The highest BCUT2D eigenvalue weighted by Gasteiger charge is 2.32. The predicted octanol–water partition coefficient (Wildman–Crippen LogP) is 5.07. The molecule has 0 saturated heterocycles. The van der Waals surface area contributed by atoms with E-state index in [4.69, 9.17) is 23.7 Å². The molecule has 0 aliphatic carbocycles. The van der Waals surface area contributed by atoms with Gasteiger partial charge in [0.05, 0.1) is 43.1 Å². The maximum Gasteiger partial charge on any atom is 0.338 e. The Balaban J connectivity index is 1.37. The van der Waals surface area contributed by atoms with Gasteiger partial charge in [-0.2, -0.15) is 5.10 Å². The first kappa shape index (κ1) is 33.8. The molecule has 0 aromatic heterocycles. The summed E-state index contributed by atoms with van der Waals surface area (Å²) in [5.41, 5.74) is 6.47. The summed E-state index contributed by atoms with van der Waals surface area (Å²) in [6, 6.07) is 15.2. The molecule has 1 aliphatic rings. The normalized spacial score (nSPS) is 14.3. The van der Waals surface area contributed by atoms with E-state index in [0.717, 1.165) is 11.1 Å². The van der Waals surface area contributed by atoms with E-state index < -0.39 is 23.9 Å². The van der Waals surface area contributed by atoms with Crippen LogP contribution in [-0.4, -0.2) is 51.6 Å². The van der Waals surface area contributed by atoms with Crippen molar-refractivity contribution >= 4 is 40.1 Å². The Hall–Kier alpha value is -5.04. The summed E-state index contributed by atoms with van der Waals surface area (Å²) >= 11 is 3.53. The Morgan fingerprint density at radius 3 is 2.50 bits per heavy atom. The number of nitrogens with one attached hydrogen (secondary N) is 3. The summed E-state index contributed by atoms with van der Waals surface area (Å²) in [7, 11) is 2.98. The molecule has 12 nitrogen and oxygen atoms in total. The number of hydrogen-bond donors (Lipinski definition) is 3. The number of halogens is 1. The van der Waals surface area contributed by atoms with E-state index in [-0.39, 0.29) is 24.5 Å². The molecule has 242 valence electrons. The molecule has 3 aromatic rings. The van der Waals surface area contributed by atoms with Crippen molar-refractivity contribution in [1.29, 1.82) is 0 Å². The topological polar surface area (TPSA) is 146 Å². The van der Waals surface area contributed by atoms with Crippen molar-refractivity contribution in [1.82, 2.24) is 16.1 Å². The van der Waals surface area contributed by atoms with Crippen LogP contribution in [0.3, 0.4) is 0 Å². The highest BCUT2D eigenvalue weighted by molar-refractivity contribution is 9.10. The number of amides is 3. The summed E-state index contributed by atoms with van der Waals surface area (Å²) in [5.74, 6) is 0.549.